The number of aromatic hydroxyl groups is 1. The van der Waals surface area contributed by atoms with Gasteiger partial charge in [-0.05, 0) is 44.0 Å². The first kappa shape index (κ1) is 20.2. The van der Waals surface area contributed by atoms with Gasteiger partial charge in [-0.2, -0.15) is 0 Å². The number of nitrogens with two attached hydrogens (primary N) is 2. The van der Waals surface area contributed by atoms with Gasteiger partial charge in [0.2, 0.25) is 5.91 Å². The first-order chi connectivity index (χ1) is 11.8. The van der Waals surface area contributed by atoms with Gasteiger partial charge >= 0.3 is 5.97 Å². The molecule has 138 valence electrons. The summed E-state index contributed by atoms with van der Waals surface area (Å²) in [6.45, 7) is 0.297. The van der Waals surface area contributed by atoms with E-state index < -0.39 is 24.0 Å². The maximum Gasteiger partial charge on any atom is 0.326 e. The minimum atomic E-state index is -1.11. The zero-order valence-corrected chi connectivity index (χ0v) is 14.1. The number of hydrogen-bond donors (Lipinski definition) is 6. The van der Waals surface area contributed by atoms with Crippen LogP contribution in [0.4, 0.5) is 0 Å². The predicted octanol–water partition coefficient (Wildman–Crippen LogP) is -0.854. The van der Waals surface area contributed by atoms with Crippen molar-refractivity contribution in [3.63, 3.8) is 0 Å². The van der Waals surface area contributed by atoms with Crippen LogP contribution in [0.2, 0.25) is 0 Å². The number of carbonyl (C=O) groups excluding carboxylic acids is 1. The van der Waals surface area contributed by atoms with E-state index in [1.54, 1.807) is 19.2 Å². The number of hydrogen-bond acceptors (Lipinski definition) is 5. The fourth-order valence-electron chi connectivity index (χ4n) is 2.23. The summed E-state index contributed by atoms with van der Waals surface area (Å²) in [7, 11) is 1.62. The molecule has 9 nitrogen and oxygen atoms in total. The van der Waals surface area contributed by atoms with Crippen LogP contribution in [0.5, 0.6) is 5.75 Å². The summed E-state index contributed by atoms with van der Waals surface area (Å²) in [6, 6.07) is 4.86. The predicted molar refractivity (Wildman–Crippen MR) is 94.1 cm³/mol. The van der Waals surface area contributed by atoms with Crippen LogP contribution < -0.4 is 22.1 Å². The van der Waals surface area contributed by atoms with Gasteiger partial charge in [-0.25, -0.2) is 4.79 Å². The summed E-state index contributed by atoms with van der Waals surface area (Å²) in [5, 5.41) is 23.9. The van der Waals surface area contributed by atoms with E-state index in [0.29, 0.717) is 19.4 Å². The van der Waals surface area contributed by atoms with Gasteiger partial charge < -0.3 is 32.3 Å². The van der Waals surface area contributed by atoms with E-state index >= 15 is 0 Å². The van der Waals surface area contributed by atoms with Crippen molar-refractivity contribution in [1.29, 1.82) is 0 Å². The van der Waals surface area contributed by atoms with Crippen LogP contribution in [-0.4, -0.2) is 53.7 Å². The van der Waals surface area contributed by atoms with Crippen molar-refractivity contribution < 1.29 is 19.8 Å². The summed E-state index contributed by atoms with van der Waals surface area (Å²) >= 11 is 0. The smallest absolute Gasteiger partial charge is 0.326 e. The molecule has 0 saturated heterocycles. The molecule has 2 atom stereocenters. The number of carboxylic acids is 1. The molecule has 0 bridgehead atoms. The number of nitrogens with one attached hydrogen (secondary N) is 2. The first-order valence-electron chi connectivity index (χ1n) is 7.87. The highest BCUT2D eigenvalue weighted by Crippen LogP contribution is 2.11. The average molecular weight is 351 g/mol. The molecule has 0 aliphatic carbocycles. The Morgan fingerprint density at radius 1 is 1.20 bits per heavy atom. The Balaban J connectivity index is 2.61. The molecule has 1 aromatic carbocycles. The molecule has 0 unspecified atom stereocenters. The molecule has 0 aromatic heterocycles. The van der Waals surface area contributed by atoms with Crippen LogP contribution in [-0.2, 0) is 16.0 Å². The Hall–Kier alpha value is -2.81. The number of likely N-dealkylation sites (N-methyl/N-ethyl adjacent to an activating group) is 1. The maximum atomic E-state index is 12.3. The topological polar surface area (TPSA) is 163 Å². The van der Waals surface area contributed by atoms with Crippen LogP contribution in [0.25, 0.3) is 0 Å². The second-order valence-electron chi connectivity index (χ2n) is 5.56. The number of guanidine groups is 1. The van der Waals surface area contributed by atoms with Gasteiger partial charge in [0.25, 0.3) is 0 Å². The minimum absolute atomic E-state index is 0.0555. The van der Waals surface area contributed by atoms with E-state index in [-0.39, 0.29) is 18.1 Å². The molecule has 8 N–H and O–H groups in total. The zero-order chi connectivity index (χ0) is 18.8. The monoisotopic (exact) mass is 351 g/mol. The molecule has 1 amide bonds. The molecule has 0 saturated carbocycles. The number of aliphatic imine (C=N–C) groups is 1. The third-order valence-corrected chi connectivity index (χ3v) is 3.60. The first-order valence-corrected chi connectivity index (χ1v) is 7.87. The van der Waals surface area contributed by atoms with Crippen molar-refractivity contribution in [2.75, 3.05) is 13.6 Å². The molecule has 1 aromatic rings. The second-order valence-corrected chi connectivity index (χ2v) is 5.56. The number of carboxylic acid groups (broad SMARTS) is 1. The summed E-state index contributed by atoms with van der Waals surface area (Å²) < 4.78 is 0. The van der Waals surface area contributed by atoms with Crippen LogP contribution in [0.1, 0.15) is 18.4 Å². The van der Waals surface area contributed by atoms with Gasteiger partial charge in [-0.15, -0.1) is 0 Å². The van der Waals surface area contributed by atoms with E-state index in [0.717, 1.165) is 5.56 Å². The Morgan fingerprint density at radius 3 is 2.36 bits per heavy atom. The summed E-state index contributed by atoms with van der Waals surface area (Å²) in [5.74, 6) is -1.44. The molecule has 0 aliphatic rings. The van der Waals surface area contributed by atoms with Crippen molar-refractivity contribution in [3.8, 4) is 5.75 Å². The fraction of sp³-hybridized carbons (Fsp3) is 0.438. The van der Waals surface area contributed by atoms with E-state index in [1.165, 1.54) is 12.1 Å². The SMILES string of the molecule is CN[C@@H](Cc1ccc(O)cc1)C(=O)N[C@@H](CCCN=C(N)N)C(=O)O. The minimum Gasteiger partial charge on any atom is -0.508 e. The standard InChI is InChI=1S/C16H25N5O4/c1-19-13(9-10-4-6-11(22)7-5-10)14(23)21-12(15(24)25)3-2-8-20-16(17)18/h4-7,12-13,19,22H,2-3,8-9H2,1H3,(H,21,23)(H,24,25)(H4,17,18,20)/t12-,13-/m0/s1. The largest absolute Gasteiger partial charge is 0.508 e. The molecular weight excluding hydrogens is 326 g/mol. The molecular formula is C16H25N5O4. The van der Waals surface area contributed by atoms with Crippen molar-refractivity contribution in [2.24, 2.45) is 16.5 Å². The Labute approximate surface area is 146 Å². The lowest BCUT2D eigenvalue weighted by molar-refractivity contribution is -0.142. The highest BCUT2D eigenvalue weighted by atomic mass is 16.4. The molecule has 9 heteroatoms. The highest BCUT2D eigenvalue weighted by Gasteiger charge is 2.24. The van der Waals surface area contributed by atoms with Gasteiger partial charge in [-0.3, -0.25) is 9.79 Å². The number of rotatable bonds is 10. The van der Waals surface area contributed by atoms with Crippen LogP contribution in [0, 0.1) is 0 Å². The molecule has 25 heavy (non-hydrogen) atoms. The van der Waals surface area contributed by atoms with Gasteiger partial charge in [-0.1, -0.05) is 12.1 Å². The molecule has 0 spiro atoms. The van der Waals surface area contributed by atoms with Crippen molar-refractivity contribution in [1.82, 2.24) is 10.6 Å². The van der Waals surface area contributed by atoms with Crippen molar-refractivity contribution in [3.05, 3.63) is 29.8 Å². The highest BCUT2D eigenvalue weighted by molar-refractivity contribution is 5.87. The molecule has 0 fully saturated rings. The lowest BCUT2D eigenvalue weighted by Gasteiger charge is -2.20. The Bertz CT molecular complexity index is 599. The molecule has 0 aliphatic heterocycles. The molecule has 0 heterocycles. The van der Waals surface area contributed by atoms with Gasteiger partial charge in [0.05, 0.1) is 6.04 Å². The lowest BCUT2D eigenvalue weighted by atomic mass is 10.0. The number of phenols is 1. The molecule has 1 rings (SSSR count). The number of benzene rings is 1. The third kappa shape index (κ3) is 7.53. The Morgan fingerprint density at radius 2 is 1.84 bits per heavy atom. The fourth-order valence-corrected chi connectivity index (χ4v) is 2.23. The second kappa shape index (κ2) is 10.1. The maximum absolute atomic E-state index is 12.3. The number of aliphatic carboxylic acids is 1. The lowest BCUT2D eigenvalue weighted by Crippen LogP contribution is -2.50. The normalized spacial score (nSPS) is 12.8. The van der Waals surface area contributed by atoms with Crippen LogP contribution in [0.15, 0.2) is 29.3 Å². The summed E-state index contributed by atoms with van der Waals surface area (Å²) in [5.41, 5.74) is 11.3. The number of amides is 1. The van der Waals surface area contributed by atoms with Crippen LogP contribution in [0.3, 0.4) is 0 Å². The number of phenolic OH excluding ortho intramolecular Hbond substituents is 1. The number of nitrogens with zero attached hydrogens (tertiary/aromatic N) is 1. The van der Waals surface area contributed by atoms with Gasteiger partial charge in [0, 0.05) is 6.54 Å². The third-order valence-electron chi connectivity index (χ3n) is 3.60. The summed E-state index contributed by atoms with van der Waals surface area (Å²) in [6.07, 6.45) is 1.01. The number of carbonyl (C=O) groups is 2. The van der Waals surface area contributed by atoms with Gasteiger partial charge in [0.1, 0.15) is 11.8 Å². The van der Waals surface area contributed by atoms with Crippen molar-refractivity contribution in [2.45, 2.75) is 31.3 Å². The van der Waals surface area contributed by atoms with Crippen molar-refractivity contribution >= 4 is 17.8 Å². The zero-order valence-electron chi connectivity index (χ0n) is 14.1. The van der Waals surface area contributed by atoms with E-state index in [9.17, 15) is 19.8 Å². The van der Waals surface area contributed by atoms with E-state index in [2.05, 4.69) is 15.6 Å². The van der Waals surface area contributed by atoms with Gasteiger partial charge in [0.15, 0.2) is 5.96 Å². The average Bonchev–Trinajstić information content (AvgIpc) is 2.56. The van der Waals surface area contributed by atoms with Crippen LogP contribution >= 0.6 is 0 Å². The Kier molecular flexibility index (Phi) is 8.21. The molecule has 0 radical (unpaired) electrons. The van der Waals surface area contributed by atoms with E-state index in [4.69, 9.17) is 11.5 Å². The van der Waals surface area contributed by atoms with E-state index in [1.807, 2.05) is 0 Å². The summed E-state index contributed by atoms with van der Waals surface area (Å²) in [4.78, 5) is 27.5. The quantitative estimate of drug-likeness (QED) is 0.181.